The highest BCUT2D eigenvalue weighted by Crippen LogP contribution is 2.16. The third-order valence-corrected chi connectivity index (χ3v) is 3.60. The molecule has 1 aromatic rings. The van der Waals surface area contributed by atoms with Crippen molar-refractivity contribution in [2.75, 3.05) is 13.1 Å². The van der Waals surface area contributed by atoms with Crippen LogP contribution in [0.15, 0.2) is 29.8 Å². The molecule has 0 unspecified atom stereocenters. The smallest absolute Gasteiger partial charge is 0.0170 e. The van der Waals surface area contributed by atoms with Crippen molar-refractivity contribution < 1.29 is 0 Å². The lowest BCUT2D eigenvalue weighted by Gasteiger charge is -2.14. The van der Waals surface area contributed by atoms with Crippen molar-refractivity contribution in [3.05, 3.63) is 41.0 Å². The number of benzene rings is 1. The Bertz CT molecular complexity index is 424. The van der Waals surface area contributed by atoms with Crippen LogP contribution in [0.4, 0.5) is 0 Å². The minimum atomic E-state index is 0.583. The minimum Gasteiger partial charge on any atom is -0.313 e. The lowest BCUT2D eigenvalue weighted by atomic mass is 9.98. The zero-order valence-corrected chi connectivity index (χ0v) is 14.7. The van der Waals surface area contributed by atoms with Gasteiger partial charge in [0, 0.05) is 6.54 Å². The van der Waals surface area contributed by atoms with Gasteiger partial charge in [-0.05, 0) is 41.8 Å². The first-order valence-electron chi connectivity index (χ1n) is 8.38. The number of nitrogens with one attached hydrogen (secondary N) is 1. The molecule has 21 heavy (non-hydrogen) atoms. The molecule has 0 radical (unpaired) electrons. The van der Waals surface area contributed by atoms with Crippen LogP contribution in [0.3, 0.4) is 0 Å². The zero-order valence-electron chi connectivity index (χ0n) is 14.7. The van der Waals surface area contributed by atoms with Crippen LogP contribution in [0.25, 0.3) is 6.08 Å². The van der Waals surface area contributed by atoms with Crippen LogP contribution in [-0.2, 0) is 6.42 Å². The van der Waals surface area contributed by atoms with E-state index in [1.54, 1.807) is 0 Å². The topological polar surface area (TPSA) is 12.0 Å². The summed E-state index contributed by atoms with van der Waals surface area (Å²) in [6, 6.07) is 9.04. The zero-order chi connectivity index (χ0) is 15.8. The molecule has 1 nitrogen and oxygen atoms in total. The van der Waals surface area contributed by atoms with E-state index >= 15 is 0 Å². The molecule has 1 N–H and O–H groups in total. The predicted octanol–water partition coefficient (Wildman–Crippen LogP) is 5.17. The standard InChI is InChI=1S/C20H33N/c1-15(2)11-18-7-9-19(10-8-18)12-20(17(5)6)14-21-13-16(3)4/h7-10,12,15-17,21H,11,13-14H2,1-6H3/b20-12-. The molecule has 0 atom stereocenters. The lowest BCUT2D eigenvalue weighted by molar-refractivity contribution is 0.558. The van der Waals surface area contributed by atoms with Crippen molar-refractivity contribution >= 4 is 6.08 Å². The van der Waals surface area contributed by atoms with Crippen molar-refractivity contribution in [2.45, 2.75) is 48.0 Å². The van der Waals surface area contributed by atoms with Crippen LogP contribution < -0.4 is 5.32 Å². The van der Waals surface area contributed by atoms with Gasteiger partial charge in [-0.25, -0.2) is 0 Å². The van der Waals surface area contributed by atoms with E-state index in [9.17, 15) is 0 Å². The molecule has 0 aromatic heterocycles. The maximum Gasteiger partial charge on any atom is 0.0170 e. The summed E-state index contributed by atoms with van der Waals surface area (Å²) in [5, 5.41) is 3.56. The van der Waals surface area contributed by atoms with Gasteiger partial charge in [-0.1, -0.05) is 77.5 Å². The quantitative estimate of drug-likeness (QED) is 0.695. The number of rotatable bonds is 8. The van der Waals surface area contributed by atoms with Crippen LogP contribution >= 0.6 is 0 Å². The molecule has 0 aliphatic rings. The van der Waals surface area contributed by atoms with Gasteiger partial charge in [0.15, 0.2) is 0 Å². The van der Waals surface area contributed by atoms with Gasteiger partial charge in [0.2, 0.25) is 0 Å². The Morgan fingerprint density at radius 2 is 1.57 bits per heavy atom. The molecule has 0 saturated carbocycles. The van der Waals surface area contributed by atoms with E-state index in [2.05, 4.69) is 77.2 Å². The Labute approximate surface area is 131 Å². The fourth-order valence-electron chi connectivity index (χ4n) is 2.36. The van der Waals surface area contributed by atoms with Crippen molar-refractivity contribution in [1.29, 1.82) is 0 Å². The van der Waals surface area contributed by atoms with Crippen LogP contribution in [0.5, 0.6) is 0 Å². The summed E-state index contributed by atoms with van der Waals surface area (Å²) in [4.78, 5) is 0. The number of hydrogen-bond acceptors (Lipinski definition) is 1. The molecule has 0 spiro atoms. The second kappa shape index (κ2) is 9.04. The molecule has 0 amide bonds. The van der Waals surface area contributed by atoms with Crippen molar-refractivity contribution in [3.63, 3.8) is 0 Å². The van der Waals surface area contributed by atoms with Gasteiger partial charge in [-0.2, -0.15) is 0 Å². The van der Waals surface area contributed by atoms with Gasteiger partial charge >= 0.3 is 0 Å². The Morgan fingerprint density at radius 3 is 2.05 bits per heavy atom. The molecule has 0 saturated heterocycles. The highest BCUT2D eigenvalue weighted by atomic mass is 14.9. The van der Waals surface area contributed by atoms with E-state index in [0.717, 1.165) is 25.4 Å². The predicted molar refractivity (Wildman–Crippen MR) is 95.5 cm³/mol. The van der Waals surface area contributed by atoms with Crippen LogP contribution in [0.2, 0.25) is 0 Å². The van der Waals surface area contributed by atoms with Crippen molar-refractivity contribution in [1.82, 2.24) is 5.32 Å². The molecule has 0 bridgehead atoms. The fraction of sp³-hybridized carbons (Fsp3) is 0.600. The van der Waals surface area contributed by atoms with Crippen molar-refractivity contribution in [2.24, 2.45) is 17.8 Å². The average molecular weight is 287 g/mol. The van der Waals surface area contributed by atoms with Crippen LogP contribution in [-0.4, -0.2) is 13.1 Å². The van der Waals surface area contributed by atoms with Crippen molar-refractivity contribution in [3.8, 4) is 0 Å². The molecule has 1 rings (SSSR count). The third kappa shape index (κ3) is 7.47. The summed E-state index contributed by atoms with van der Waals surface area (Å²) < 4.78 is 0. The van der Waals surface area contributed by atoms with E-state index in [-0.39, 0.29) is 0 Å². The lowest BCUT2D eigenvalue weighted by Crippen LogP contribution is -2.23. The van der Waals surface area contributed by atoms with E-state index < -0.39 is 0 Å². The molecule has 0 fully saturated rings. The maximum absolute atomic E-state index is 3.56. The van der Waals surface area contributed by atoms with Gasteiger partial charge in [0.25, 0.3) is 0 Å². The summed E-state index contributed by atoms with van der Waals surface area (Å²) in [6.07, 6.45) is 3.51. The largest absolute Gasteiger partial charge is 0.313 e. The minimum absolute atomic E-state index is 0.583. The normalized spacial score (nSPS) is 12.7. The number of hydrogen-bond donors (Lipinski definition) is 1. The molecule has 1 heteroatoms. The second-order valence-corrected chi connectivity index (χ2v) is 7.24. The Hall–Kier alpha value is -1.08. The third-order valence-electron chi connectivity index (χ3n) is 3.60. The molecule has 0 aliphatic carbocycles. The summed E-state index contributed by atoms with van der Waals surface area (Å²) in [6.45, 7) is 15.7. The van der Waals surface area contributed by atoms with Gasteiger partial charge in [0.05, 0.1) is 0 Å². The highest BCUT2D eigenvalue weighted by Gasteiger charge is 2.04. The monoisotopic (exact) mass is 287 g/mol. The van der Waals surface area contributed by atoms with Gasteiger partial charge < -0.3 is 5.32 Å². The van der Waals surface area contributed by atoms with E-state index in [1.807, 2.05) is 0 Å². The summed E-state index contributed by atoms with van der Waals surface area (Å²) in [5.74, 6) is 2.01. The van der Waals surface area contributed by atoms with Crippen LogP contribution in [0.1, 0.15) is 52.7 Å². The fourth-order valence-corrected chi connectivity index (χ4v) is 2.36. The first-order chi connectivity index (χ1) is 9.88. The molecule has 1 aromatic carbocycles. The van der Waals surface area contributed by atoms with E-state index in [0.29, 0.717) is 11.8 Å². The Morgan fingerprint density at radius 1 is 0.952 bits per heavy atom. The van der Waals surface area contributed by atoms with Gasteiger partial charge in [-0.3, -0.25) is 0 Å². The Balaban J connectivity index is 2.71. The van der Waals surface area contributed by atoms with Gasteiger partial charge in [0.1, 0.15) is 0 Å². The molecule has 0 heterocycles. The summed E-state index contributed by atoms with van der Waals surface area (Å²) >= 11 is 0. The highest BCUT2D eigenvalue weighted by molar-refractivity contribution is 5.54. The second-order valence-electron chi connectivity index (χ2n) is 7.24. The van der Waals surface area contributed by atoms with E-state index in [1.165, 1.54) is 16.7 Å². The molecule has 0 aliphatic heterocycles. The average Bonchev–Trinajstić information content (AvgIpc) is 2.38. The summed E-state index contributed by atoms with van der Waals surface area (Å²) in [7, 11) is 0. The molecule has 118 valence electrons. The molecular formula is C20H33N. The first kappa shape index (κ1) is 18.0. The first-order valence-corrected chi connectivity index (χ1v) is 8.38. The van der Waals surface area contributed by atoms with Crippen LogP contribution in [0, 0.1) is 17.8 Å². The van der Waals surface area contributed by atoms with E-state index in [4.69, 9.17) is 0 Å². The Kier molecular flexibility index (Phi) is 7.74. The summed E-state index contributed by atoms with van der Waals surface area (Å²) in [5.41, 5.74) is 4.23. The SMILES string of the molecule is CC(C)CNC/C(=C/c1ccc(CC(C)C)cc1)C(C)C. The maximum atomic E-state index is 3.56. The molecular weight excluding hydrogens is 254 g/mol. The van der Waals surface area contributed by atoms with Gasteiger partial charge in [-0.15, -0.1) is 0 Å².